The highest BCUT2D eigenvalue weighted by Gasteiger charge is 2.32. The number of hydrogen-bond acceptors (Lipinski definition) is 10. The summed E-state index contributed by atoms with van der Waals surface area (Å²) in [6.07, 6.45) is 4.93. The second kappa shape index (κ2) is 17.1. The van der Waals surface area contributed by atoms with Crippen molar-refractivity contribution in [1.29, 1.82) is 0 Å². The number of anilines is 2. The van der Waals surface area contributed by atoms with E-state index in [1.165, 1.54) is 23.3 Å². The van der Waals surface area contributed by atoms with Crippen molar-refractivity contribution in [2.24, 2.45) is 11.8 Å². The molecule has 0 spiro atoms. The van der Waals surface area contributed by atoms with Crippen LogP contribution in [0.25, 0.3) is 0 Å². The van der Waals surface area contributed by atoms with Crippen LogP contribution in [0.4, 0.5) is 17.1 Å². The molecule has 3 aromatic rings. The molecule has 3 N–H and O–H groups in total. The van der Waals surface area contributed by atoms with Gasteiger partial charge < -0.3 is 20.1 Å². The van der Waals surface area contributed by atoms with Crippen molar-refractivity contribution >= 4 is 48.9 Å². The molecular weight excluding hydrogens is 774 g/mol. The first-order valence-corrected chi connectivity index (χ1v) is 21.3. The largest absolute Gasteiger partial charge is 0.390 e. The number of sulfonamides is 1. The van der Waals surface area contributed by atoms with Gasteiger partial charge in [0.05, 0.1) is 40.2 Å². The lowest BCUT2D eigenvalue weighted by molar-refractivity contribution is -0.384. The van der Waals surface area contributed by atoms with Crippen LogP contribution in [0.1, 0.15) is 92.7 Å². The predicted molar refractivity (Wildman–Crippen MR) is 214 cm³/mol. The van der Waals surface area contributed by atoms with Gasteiger partial charge in [-0.1, -0.05) is 38.1 Å². The molecule has 3 aliphatic rings. The number of aliphatic hydroxyl groups is 1. The summed E-state index contributed by atoms with van der Waals surface area (Å²) in [5.74, 6) is 0.375. The van der Waals surface area contributed by atoms with Gasteiger partial charge in [-0.15, -0.1) is 0 Å². The van der Waals surface area contributed by atoms with Crippen molar-refractivity contribution in [2.75, 3.05) is 56.2 Å². The van der Waals surface area contributed by atoms with E-state index in [0.29, 0.717) is 42.3 Å². The van der Waals surface area contributed by atoms with Crippen LogP contribution < -0.4 is 14.9 Å². The summed E-state index contributed by atoms with van der Waals surface area (Å²) >= 11 is 3.48. The Labute approximate surface area is 327 Å². The van der Waals surface area contributed by atoms with Gasteiger partial charge in [0.1, 0.15) is 5.69 Å². The third kappa shape index (κ3) is 9.62. The number of amides is 1. The molecule has 1 amide bonds. The van der Waals surface area contributed by atoms with Crippen LogP contribution in [-0.4, -0.2) is 80.8 Å². The van der Waals surface area contributed by atoms with E-state index in [9.17, 15) is 28.4 Å². The fraction of sp³-hybridized carbons (Fsp3) is 0.525. The van der Waals surface area contributed by atoms with E-state index in [-0.39, 0.29) is 28.1 Å². The molecule has 0 unspecified atom stereocenters. The number of benzene rings is 3. The Bertz CT molecular complexity index is 1920. The number of nitrogens with zero attached hydrogens (tertiary/aromatic N) is 3. The van der Waals surface area contributed by atoms with E-state index >= 15 is 0 Å². The maximum Gasteiger partial charge on any atom is 0.293 e. The molecule has 1 saturated carbocycles. The third-order valence-electron chi connectivity index (χ3n) is 11.4. The van der Waals surface area contributed by atoms with Gasteiger partial charge in [0.15, 0.2) is 0 Å². The van der Waals surface area contributed by atoms with Gasteiger partial charge in [0, 0.05) is 49.0 Å². The van der Waals surface area contributed by atoms with Gasteiger partial charge in [0.2, 0.25) is 0 Å². The first kappa shape index (κ1) is 40.1. The maximum absolute atomic E-state index is 13.3. The molecular formula is C40H52BrN5O7S. The van der Waals surface area contributed by atoms with Gasteiger partial charge >= 0.3 is 0 Å². The Morgan fingerprint density at radius 2 is 1.76 bits per heavy atom. The SMILES string of the molecule is CC(C)c1ccccc1[C@@H]1COCCN1CC1CCN(c2ccc(C(=O)NS(=O)(=O)c3ccc(NC[C@H]4CC[C@](C)(O)CC4)c([N+](=O)[O-])c3)c(Br)c2)CC1. The van der Waals surface area contributed by atoms with E-state index in [4.69, 9.17) is 4.74 Å². The van der Waals surface area contributed by atoms with Gasteiger partial charge in [-0.05, 0) is 121 Å². The fourth-order valence-electron chi connectivity index (χ4n) is 8.05. The van der Waals surface area contributed by atoms with Crippen molar-refractivity contribution in [3.8, 4) is 0 Å². The smallest absolute Gasteiger partial charge is 0.293 e. The van der Waals surface area contributed by atoms with Crippen LogP contribution in [-0.2, 0) is 14.8 Å². The van der Waals surface area contributed by atoms with Crippen molar-refractivity contribution in [3.05, 3.63) is 91.9 Å². The normalized spacial score (nSPS) is 23.0. The summed E-state index contributed by atoms with van der Waals surface area (Å²) in [6.45, 7) is 11.8. The second-order valence-electron chi connectivity index (χ2n) is 15.7. The van der Waals surface area contributed by atoms with Crippen LogP contribution in [0.2, 0.25) is 0 Å². The van der Waals surface area contributed by atoms with E-state index < -0.39 is 32.1 Å². The quantitative estimate of drug-likeness (QED) is 0.126. The van der Waals surface area contributed by atoms with E-state index in [1.54, 1.807) is 6.07 Å². The lowest BCUT2D eigenvalue weighted by Crippen LogP contribution is -2.45. The first-order chi connectivity index (χ1) is 25.7. The van der Waals surface area contributed by atoms with Crippen LogP contribution >= 0.6 is 15.9 Å². The highest BCUT2D eigenvalue weighted by Crippen LogP contribution is 2.36. The number of nitro benzene ring substituents is 1. The zero-order valence-corrected chi connectivity index (χ0v) is 33.7. The van der Waals surface area contributed by atoms with Crippen LogP contribution in [0.3, 0.4) is 0 Å². The predicted octanol–water partition coefficient (Wildman–Crippen LogP) is 7.24. The molecule has 0 bridgehead atoms. The zero-order chi connectivity index (χ0) is 38.6. The maximum atomic E-state index is 13.3. The van der Waals surface area contributed by atoms with Crippen LogP contribution in [0.15, 0.2) is 70.0 Å². The number of morpholine rings is 1. The summed E-state index contributed by atoms with van der Waals surface area (Å²) in [6, 6.07) is 17.8. The first-order valence-electron chi connectivity index (χ1n) is 19.0. The van der Waals surface area contributed by atoms with E-state index in [1.807, 2.05) is 19.1 Å². The molecule has 2 heterocycles. The van der Waals surface area contributed by atoms with Gasteiger partial charge in [0.25, 0.3) is 21.6 Å². The molecule has 54 heavy (non-hydrogen) atoms. The fourth-order valence-corrected chi connectivity index (χ4v) is 9.58. The molecule has 2 aliphatic heterocycles. The lowest BCUT2D eigenvalue weighted by Gasteiger charge is -2.41. The van der Waals surface area contributed by atoms with Gasteiger partial charge in [-0.3, -0.25) is 19.8 Å². The Morgan fingerprint density at radius 1 is 1.04 bits per heavy atom. The summed E-state index contributed by atoms with van der Waals surface area (Å²) in [4.78, 5) is 29.0. The number of halogens is 1. The molecule has 0 aromatic heterocycles. The van der Waals surface area contributed by atoms with Gasteiger partial charge in [-0.25, -0.2) is 13.1 Å². The molecule has 0 radical (unpaired) electrons. The topological polar surface area (TPSA) is 154 Å². The number of nitrogens with one attached hydrogen (secondary N) is 2. The van der Waals surface area contributed by atoms with Crippen molar-refractivity contribution in [2.45, 2.75) is 81.8 Å². The number of ether oxygens (including phenoxy) is 1. The van der Waals surface area contributed by atoms with Crippen molar-refractivity contribution in [1.82, 2.24) is 9.62 Å². The van der Waals surface area contributed by atoms with Gasteiger partial charge in [-0.2, -0.15) is 0 Å². The molecule has 1 aliphatic carbocycles. The second-order valence-corrected chi connectivity index (χ2v) is 18.2. The Morgan fingerprint density at radius 3 is 2.44 bits per heavy atom. The summed E-state index contributed by atoms with van der Waals surface area (Å²) in [5, 5.41) is 25.2. The number of piperidine rings is 1. The molecule has 2 saturated heterocycles. The lowest BCUT2D eigenvalue weighted by atomic mass is 9.80. The van der Waals surface area contributed by atoms with E-state index in [0.717, 1.165) is 70.2 Å². The number of nitro groups is 1. The number of carbonyl (C=O) groups is 1. The molecule has 292 valence electrons. The summed E-state index contributed by atoms with van der Waals surface area (Å²) in [5.41, 5.74) is 2.92. The molecule has 6 rings (SSSR count). The number of rotatable bonds is 12. The van der Waals surface area contributed by atoms with Crippen LogP contribution in [0.5, 0.6) is 0 Å². The minimum Gasteiger partial charge on any atom is -0.390 e. The van der Waals surface area contributed by atoms with E-state index in [2.05, 4.69) is 73.9 Å². The minimum absolute atomic E-state index is 0.136. The Balaban J connectivity index is 1.05. The molecule has 14 heteroatoms. The molecule has 12 nitrogen and oxygen atoms in total. The van der Waals surface area contributed by atoms with Crippen molar-refractivity contribution < 1.29 is 28.0 Å². The highest BCUT2D eigenvalue weighted by atomic mass is 79.9. The zero-order valence-electron chi connectivity index (χ0n) is 31.3. The average molecular weight is 827 g/mol. The molecule has 3 aromatic carbocycles. The van der Waals surface area contributed by atoms with Crippen molar-refractivity contribution in [3.63, 3.8) is 0 Å². The summed E-state index contributed by atoms with van der Waals surface area (Å²) < 4.78 is 35.0. The average Bonchev–Trinajstić information content (AvgIpc) is 3.14. The monoisotopic (exact) mass is 825 g/mol. The Hall–Kier alpha value is -3.56. The van der Waals surface area contributed by atoms with Crippen LogP contribution in [0, 0.1) is 22.0 Å². The molecule has 1 atom stereocenters. The summed E-state index contributed by atoms with van der Waals surface area (Å²) in [7, 11) is -4.43. The standard InChI is InChI=1S/C40H52BrN5O7S/c1-27(2)32-6-4-5-7-33(32)38-26-53-21-20-45(38)25-29-14-18-44(19-15-29)30-8-10-34(35(41)22-30)39(47)43-54(51,52)31-9-11-36(37(23-31)46(49)50)42-24-28-12-16-40(3,48)17-13-28/h4-11,22-23,27-29,38,42,48H,12-21,24-26H2,1-3H3,(H,43,47)/t28-,38-,40-/m0/s1. The number of carbonyl (C=O) groups excluding carboxylic acids is 1. The third-order valence-corrected chi connectivity index (χ3v) is 13.3. The highest BCUT2D eigenvalue weighted by molar-refractivity contribution is 9.10. The Kier molecular flexibility index (Phi) is 12.7. The minimum atomic E-state index is -4.43. The molecule has 3 fully saturated rings. The number of hydrogen-bond donors (Lipinski definition) is 3.